The van der Waals surface area contributed by atoms with Crippen molar-refractivity contribution in [2.75, 3.05) is 7.05 Å². The molecule has 4 rings (SSSR count). The lowest BCUT2D eigenvalue weighted by atomic mass is 10.2. The lowest BCUT2D eigenvalue weighted by Crippen LogP contribution is -2.25. The molecule has 0 spiro atoms. The minimum Gasteiger partial charge on any atom is -0.338 e. The number of nitrogens with zero attached hydrogens (tertiary/aromatic N) is 4. The van der Waals surface area contributed by atoms with Gasteiger partial charge in [0.05, 0.1) is 23.5 Å². The number of hydrogen-bond donors (Lipinski definition) is 1. The van der Waals surface area contributed by atoms with Crippen molar-refractivity contribution in [1.29, 1.82) is 0 Å². The number of H-pyrrole nitrogens is 1. The number of hydrogen-bond acceptors (Lipinski definition) is 6. The Morgan fingerprint density at radius 3 is 2.92 bits per heavy atom. The van der Waals surface area contributed by atoms with Crippen molar-refractivity contribution in [3.63, 3.8) is 0 Å². The molecule has 1 fully saturated rings. The number of aromatic amines is 1. The van der Waals surface area contributed by atoms with E-state index in [1.807, 2.05) is 37.1 Å². The molecular weight excluding hydrogens is 306 g/mol. The zero-order chi connectivity index (χ0) is 16.7. The Morgan fingerprint density at radius 1 is 1.33 bits per heavy atom. The standard InChI is InChI=1S/C17H19N5O2/c1-10(17-20-15(21-24-17)11-7-8-11)22(2)9-14-18-13-6-4-3-5-12(13)16(23)19-14/h3-6,10-11H,7-9H2,1-2H3,(H,18,19,23). The first-order chi connectivity index (χ1) is 11.6. The average molecular weight is 325 g/mol. The fraction of sp³-hybridized carbons (Fsp3) is 0.412. The van der Waals surface area contributed by atoms with Crippen LogP contribution in [0.2, 0.25) is 0 Å². The van der Waals surface area contributed by atoms with Gasteiger partial charge in [0.2, 0.25) is 5.89 Å². The van der Waals surface area contributed by atoms with E-state index in [2.05, 4.69) is 20.1 Å². The first kappa shape index (κ1) is 15.0. The molecule has 7 heteroatoms. The van der Waals surface area contributed by atoms with Gasteiger partial charge in [-0.15, -0.1) is 0 Å². The number of para-hydroxylation sites is 1. The van der Waals surface area contributed by atoms with Gasteiger partial charge in [-0.25, -0.2) is 4.98 Å². The van der Waals surface area contributed by atoms with Gasteiger partial charge in [0.15, 0.2) is 5.82 Å². The van der Waals surface area contributed by atoms with Crippen LogP contribution in [-0.4, -0.2) is 32.1 Å². The van der Waals surface area contributed by atoms with Crippen molar-refractivity contribution >= 4 is 10.9 Å². The number of fused-ring (bicyclic) bond motifs is 1. The van der Waals surface area contributed by atoms with Gasteiger partial charge in [0, 0.05) is 5.92 Å². The summed E-state index contributed by atoms with van der Waals surface area (Å²) >= 11 is 0. The Morgan fingerprint density at radius 2 is 2.12 bits per heavy atom. The topological polar surface area (TPSA) is 87.9 Å². The highest BCUT2D eigenvalue weighted by atomic mass is 16.5. The fourth-order valence-corrected chi connectivity index (χ4v) is 2.70. The molecule has 0 saturated heterocycles. The summed E-state index contributed by atoms with van der Waals surface area (Å²) < 4.78 is 5.39. The van der Waals surface area contributed by atoms with Crippen LogP contribution in [0.1, 0.15) is 49.3 Å². The monoisotopic (exact) mass is 325 g/mol. The largest absolute Gasteiger partial charge is 0.338 e. The van der Waals surface area contributed by atoms with Crippen LogP contribution in [0, 0.1) is 0 Å². The van der Waals surface area contributed by atoms with E-state index in [1.165, 1.54) is 0 Å². The van der Waals surface area contributed by atoms with E-state index in [0.29, 0.717) is 35.1 Å². The summed E-state index contributed by atoms with van der Waals surface area (Å²) in [6.45, 7) is 2.49. The van der Waals surface area contributed by atoms with Crippen LogP contribution in [0.4, 0.5) is 0 Å². The molecule has 1 unspecified atom stereocenters. The Labute approximate surface area is 138 Å². The molecule has 1 saturated carbocycles. The van der Waals surface area contributed by atoms with E-state index in [-0.39, 0.29) is 11.6 Å². The molecule has 24 heavy (non-hydrogen) atoms. The summed E-state index contributed by atoms with van der Waals surface area (Å²) in [6.07, 6.45) is 2.29. The Bertz CT molecular complexity index is 928. The van der Waals surface area contributed by atoms with E-state index in [9.17, 15) is 4.79 Å². The maximum absolute atomic E-state index is 12.2. The highest BCUT2D eigenvalue weighted by molar-refractivity contribution is 5.77. The molecule has 3 aromatic rings. The molecule has 124 valence electrons. The molecule has 0 bridgehead atoms. The van der Waals surface area contributed by atoms with Gasteiger partial charge in [-0.1, -0.05) is 17.3 Å². The third-order valence-electron chi connectivity index (χ3n) is 4.48. The molecule has 1 N–H and O–H groups in total. The first-order valence-electron chi connectivity index (χ1n) is 8.13. The van der Waals surface area contributed by atoms with Gasteiger partial charge in [0.1, 0.15) is 5.82 Å². The van der Waals surface area contributed by atoms with Crippen LogP contribution >= 0.6 is 0 Å². The van der Waals surface area contributed by atoms with Crippen molar-refractivity contribution in [3.05, 3.63) is 52.2 Å². The van der Waals surface area contributed by atoms with Crippen molar-refractivity contribution in [2.45, 2.75) is 38.3 Å². The maximum atomic E-state index is 12.2. The Balaban J connectivity index is 1.54. The Kier molecular flexibility index (Phi) is 3.65. The average Bonchev–Trinajstić information content (AvgIpc) is 3.31. The number of aromatic nitrogens is 4. The van der Waals surface area contributed by atoms with Gasteiger partial charge in [-0.3, -0.25) is 9.69 Å². The van der Waals surface area contributed by atoms with Crippen LogP contribution in [0.25, 0.3) is 10.9 Å². The lowest BCUT2D eigenvalue weighted by Gasteiger charge is -2.20. The molecule has 0 amide bonds. The van der Waals surface area contributed by atoms with Crippen LogP contribution in [0.15, 0.2) is 33.6 Å². The molecule has 0 aliphatic heterocycles. The van der Waals surface area contributed by atoms with Crippen LogP contribution < -0.4 is 5.56 Å². The van der Waals surface area contributed by atoms with Gasteiger partial charge >= 0.3 is 0 Å². The lowest BCUT2D eigenvalue weighted by molar-refractivity contribution is 0.198. The smallest absolute Gasteiger partial charge is 0.258 e. The summed E-state index contributed by atoms with van der Waals surface area (Å²) in [5.74, 6) is 2.50. The van der Waals surface area contributed by atoms with E-state index in [0.717, 1.165) is 18.7 Å². The summed E-state index contributed by atoms with van der Waals surface area (Å²) in [5, 5.41) is 4.66. The normalized spacial score (nSPS) is 16.0. The molecule has 2 heterocycles. The van der Waals surface area contributed by atoms with E-state index >= 15 is 0 Å². The number of nitrogens with one attached hydrogen (secondary N) is 1. The summed E-state index contributed by atoms with van der Waals surface area (Å²) in [5.41, 5.74) is 0.580. The van der Waals surface area contributed by atoms with Crippen molar-refractivity contribution < 1.29 is 4.52 Å². The van der Waals surface area contributed by atoms with Crippen molar-refractivity contribution in [2.24, 2.45) is 0 Å². The van der Waals surface area contributed by atoms with Crippen LogP contribution in [-0.2, 0) is 6.54 Å². The van der Waals surface area contributed by atoms with Crippen molar-refractivity contribution in [1.82, 2.24) is 25.0 Å². The third-order valence-corrected chi connectivity index (χ3v) is 4.48. The predicted octanol–water partition coefficient (Wildman–Crippen LogP) is 2.38. The van der Waals surface area contributed by atoms with Crippen molar-refractivity contribution in [3.8, 4) is 0 Å². The predicted molar refractivity (Wildman–Crippen MR) is 88.5 cm³/mol. The SMILES string of the molecule is CC(c1nc(C2CC2)no1)N(C)Cc1nc2ccccc2c(=O)[nH]1. The maximum Gasteiger partial charge on any atom is 0.258 e. The highest BCUT2D eigenvalue weighted by Gasteiger charge is 2.30. The van der Waals surface area contributed by atoms with Gasteiger partial charge in [0.25, 0.3) is 5.56 Å². The van der Waals surface area contributed by atoms with Gasteiger partial charge < -0.3 is 9.51 Å². The molecule has 2 aromatic heterocycles. The molecule has 0 radical (unpaired) electrons. The second-order valence-corrected chi connectivity index (χ2v) is 6.39. The van der Waals surface area contributed by atoms with Gasteiger partial charge in [-0.2, -0.15) is 4.98 Å². The first-order valence-corrected chi connectivity index (χ1v) is 8.13. The molecule has 1 aliphatic carbocycles. The molecule has 1 aliphatic rings. The minimum absolute atomic E-state index is 0.0539. The second-order valence-electron chi connectivity index (χ2n) is 6.39. The van der Waals surface area contributed by atoms with Crippen LogP contribution in [0.5, 0.6) is 0 Å². The fourth-order valence-electron chi connectivity index (χ4n) is 2.70. The summed E-state index contributed by atoms with van der Waals surface area (Å²) in [7, 11) is 1.95. The number of rotatable bonds is 5. The molecular formula is C17H19N5O2. The van der Waals surface area contributed by atoms with Gasteiger partial charge in [-0.05, 0) is 38.9 Å². The third kappa shape index (κ3) is 2.82. The molecule has 1 atom stereocenters. The minimum atomic E-state index is -0.120. The highest BCUT2D eigenvalue weighted by Crippen LogP contribution is 2.38. The second kappa shape index (κ2) is 5.83. The Hall–Kier alpha value is -2.54. The van der Waals surface area contributed by atoms with E-state index < -0.39 is 0 Å². The zero-order valence-corrected chi connectivity index (χ0v) is 13.7. The summed E-state index contributed by atoms with van der Waals surface area (Å²) in [6, 6.07) is 7.27. The zero-order valence-electron chi connectivity index (χ0n) is 13.7. The van der Waals surface area contributed by atoms with E-state index in [4.69, 9.17) is 4.52 Å². The molecule has 1 aromatic carbocycles. The van der Waals surface area contributed by atoms with Crippen LogP contribution in [0.3, 0.4) is 0 Å². The molecule has 7 nitrogen and oxygen atoms in total. The quantitative estimate of drug-likeness (QED) is 0.775. The van der Waals surface area contributed by atoms with E-state index in [1.54, 1.807) is 6.07 Å². The number of benzene rings is 1. The summed E-state index contributed by atoms with van der Waals surface area (Å²) in [4.78, 5) is 26.0.